The first-order valence-electron chi connectivity index (χ1n) is 8.53. The van der Waals surface area contributed by atoms with Gasteiger partial charge in [-0.2, -0.15) is 0 Å². The lowest BCUT2D eigenvalue weighted by Crippen LogP contribution is -2.32. The van der Waals surface area contributed by atoms with Gasteiger partial charge in [-0.25, -0.2) is 0 Å². The highest BCUT2D eigenvalue weighted by Crippen LogP contribution is 2.45. The van der Waals surface area contributed by atoms with Crippen LogP contribution in [0.5, 0.6) is 0 Å². The Morgan fingerprint density at radius 2 is 1.77 bits per heavy atom. The second-order valence-electron chi connectivity index (χ2n) is 7.37. The van der Waals surface area contributed by atoms with Crippen LogP contribution in [0.2, 0.25) is 10.0 Å². The maximum atomic E-state index is 6.30. The average Bonchev–Trinajstić information content (AvgIpc) is 2.49. The fraction of sp³-hybridized carbons (Fsp3) is 0.684. The van der Waals surface area contributed by atoms with Crippen molar-refractivity contribution < 1.29 is 0 Å². The lowest BCUT2D eigenvalue weighted by molar-refractivity contribution is 0.224. The van der Waals surface area contributed by atoms with Crippen molar-refractivity contribution >= 4 is 23.2 Å². The minimum Gasteiger partial charge on any atom is -0.309 e. The molecular weight excluding hydrogens is 313 g/mol. The van der Waals surface area contributed by atoms with E-state index < -0.39 is 0 Å². The Hall–Kier alpha value is -0.240. The van der Waals surface area contributed by atoms with E-state index in [1.54, 1.807) is 0 Å². The van der Waals surface area contributed by atoms with Crippen molar-refractivity contribution in [2.75, 3.05) is 20.6 Å². The fourth-order valence-electron chi connectivity index (χ4n) is 3.91. The SMILES string of the molecule is CC(CCN(C)C)CC1(c2ccc(Cl)c(Cl)c2)CCCCC1. The van der Waals surface area contributed by atoms with Crippen LogP contribution in [0.1, 0.15) is 57.4 Å². The highest BCUT2D eigenvalue weighted by atomic mass is 35.5. The van der Waals surface area contributed by atoms with Crippen molar-refractivity contribution in [2.45, 2.75) is 57.3 Å². The summed E-state index contributed by atoms with van der Waals surface area (Å²) in [6, 6.07) is 6.30. The standard InChI is InChI=1S/C19H29Cl2N/c1-15(9-12-22(2)3)14-19(10-5-4-6-11-19)16-7-8-17(20)18(21)13-16/h7-8,13,15H,4-6,9-12,14H2,1-3H3. The van der Waals surface area contributed by atoms with Crippen molar-refractivity contribution in [2.24, 2.45) is 5.92 Å². The summed E-state index contributed by atoms with van der Waals surface area (Å²) in [7, 11) is 4.31. The molecule has 1 aromatic rings. The molecule has 1 aromatic carbocycles. The quantitative estimate of drug-likeness (QED) is 0.597. The summed E-state index contributed by atoms with van der Waals surface area (Å²) >= 11 is 12.4. The van der Waals surface area contributed by atoms with Gasteiger partial charge in [-0.05, 0) is 75.4 Å². The van der Waals surface area contributed by atoms with Gasteiger partial charge in [-0.15, -0.1) is 0 Å². The van der Waals surface area contributed by atoms with Gasteiger partial charge in [0.1, 0.15) is 0 Å². The molecule has 0 aliphatic heterocycles. The van der Waals surface area contributed by atoms with Crippen LogP contribution in [0.3, 0.4) is 0 Å². The third-order valence-electron chi connectivity index (χ3n) is 5.15. The highest BCUT2D eigenvalue weighted by Gasteiger charge is 2.35. The van der Waals surface area contributed by atoms with Crippen molar-refractivity contribution in [3.63, 3.8) is 0 Å². The summed E-state index contributed by atoms with van der Waals surface area (Å²) in [5, 5.41) is 1.36. The molecule has 1 unspecified atom stereocenters. The normalized spacial score (nSPS) is 19.4. The minimum absolute atomic E-state index is 0.304. The van der Waals surface area contributed by atoms with Crippen LogP contribution in [-0.2, 0) is 5.41 Å². The van der Waals surface area contributed by atoms with Crippen LogP contribution in [-0.4, -0.2) is 25.5 Å². The Balaban J connectivity index is 2.18. The molecule has 1 saturated carbocycles. The highest BCUT2D eigenvalue weighted by molar-refractivity contribution is 6.42. The molecular formula is C19H29Cl2N. The lowest BCUT2D eigenvalue weighted by Gasteiger charge is -2.40. The van der Waals surface area contributed by atoms with Crippen molar-refractivity contribution in [1.82, 2.24) is 4.90 Å². The number of halogens is 2. The first kappa shape index (κ1) is 18.1. The molecule has 0 aromatic heterocycles. The summed E-state index contributed by atoms with van der Waals surface area (Å²) in [6.45, 7) is 3.57. The predicted octanol–water partition coefficient (Wildman–Crippen LogP) is 6.17. The lowest BCUT2D eigenvalue weighted by atomic mass is 9.65. The van der Waals surface area contributed by atoms with E-state index in [-0.39, 0.29) is 0 Å². The zero-order valence-corrected chi connectivity index (χ0v) is 15.7. The first-order valence-corrected chi connectivity index (χ1v) is 9.29. The van der Waals surface area contributed by atoms with Gasteiger partial charge in [-0.1, -0.05) is 55.5 Å². The van der Waals surface area contributed by atoms with Gasteiger partial charge in [0.25, 0.3) is 0 Å². The molecule has 0 N–H and O–H groups in total. The van der Waals surface area contributed by atoms with Gasteiger partial charge >= 0.3 is 0 Å². The van der Waals surface area contributed by atoms with Gasteiger partial charge in [-0.3, -0.25) is 0 Å². The molecule has 124 valence electrons. The molecule has 0 heterocycles. The second-order valence-corrected chi connectivity index (χ2v) is 8.19. The van der Waals surface area contributed by atoms with Crippen molar-refractivity contribution in [1.29, 1.82) is 0 Å². The third-order valence-corrected chi connectivity index (χ3v) is 5.89. The Bertz CT molecular complexity index is 478. The van der Waals surface area contributed by atoms with Gasteiger partial charge in [0.05, 0.1) is 10.0 Å². The number of benzene rings is 1. The topological polar surface area (TPSA) is 3.24 Å². The molecule has 22 heavy (non-hydrogen) atoms. The van der Waals surface area contributed by atoms with E-state index >= 15 is 0 Å². The summed E-state index contributed by atoms with van der Waals surface area (Å²) in [5.41, 5.74) is 1.70. The zero-order valence-electron chi connectivity index (χ0n) is 14.2. The van der Waals surface area contributed by atoms with E-state index in [9.17, 15) is 0 Å². The molecule has 1 aliphatic carbocycles. The van der Waals surface area contributed by atoms with Crippen molar-refractivity contribution in [3.8, 4) is 0 Å². The third kappa shape index (κ3) is 4.63. The summed E-state index contributed by atoms with van der Waals surface area (Å²) in [6.07, 6.45) is 9.14. The van der Waals surface area contributed by atoms with Gasteiger partial charge < -0.3 is 4.90 Å². The maximum absolute atomic E-state index is 6.30. The van der Waals surface area contributed by atoms with E-state index in [0.29, 0.717) is 15.5 Å². The summed E-state index contributed by atoms with van der Waals surface area (Å²) in [5.74, 6) is 0.731. The number of rotatable bonds is 6. The minimum atomic E-state index is 0.304. The van der Waals surface area contributed by atoms with Crippen LogP contribution in [0.15, 0.2) is 18.2 Å². The largest absolute Gasteiger partial charge is 0.309 e. The average molecular weight is 342 g/mol. The fourth-order valence-corrected chi connectivity index (χ4v) is 4.21. The molecule has 1 atom stereocenters. The molecule has 0 saturated heterocycles. The van der Waals surface area contributed by atoms with Gasteiger partial charge in [0.2, 0.25) is 0 Å². The number of nitrogens with zero attached hydrogens (tertiary/aromatic N) is 1. The predicted molar refractivity (Wildman–Crippen MR) is 98.2 cm³/mol. The first-order chi connectivity index (χ1) is 10.4. The van der Waals surface area contributed by atoms with E-state index in [0.717, 1.165) is 5.92 Å². The monoisotopic (exact) mass is 341 g/mol. The Morgan fingerprint density at radius 1 is 1.09 bits per heavy atom. The number of hydrogen-bond acceptors (Lipinski definition) is 1. The molecule has 3 heteroatoms. The second kappa shape index (κ2) is 8.04. The van der Waals surface area contributed by atoms with E-state index in [1.165, 1.54) is 57.1 Å². The van der Waals surface area contributed by atoms with Crippen LogP contribution < -0.4 is 0 Å². The van der Waals surface area contributed by atoms with Crippen LogP contribution in [0.25, 0.3) is 0 Å². The van der Waals surface area contributed by atoms with Crippen LogP contribution >= 0.6 is 23.2 Å². The van der Waals surface area contributed by atoms with E-state index in [2.05, 4.69) is 38.1 Å². The van der Waals surface area contributed by atoms with E-state index in [1.807, 2.05) is 6.07 Å². The van der Waals surface area contributed by atoms with Gasteiger partial charge in [0.15, 0.2) is 0 Å². The van der Waals surface area contributed by atoms with Gasteiger partial charge in [0, 0.05) is 0 Å². The molecule has 1 nitrogen and oxygen atoms in total. The molecule has 0 bridgehead atoms. The maximum Gasteiger partial charge on any atom is 0.0595 e. The number of hydrogen-bond donors (Lipinski definition) is 0. The van der Waals surface area contributed by atoms with Crippen LogP contribution in [0.4, 0.5) is 0 Å². The molecule has 0 spiro atoms. The molecule has 0 amide bonds. The molecule has 1 aliphatic rings. The Morgan fingerprint density at radius 3 is 2.36 bits per heavy atom. The van der Waals surface area contributed by atoms with Crippen molar-refractivity contribution in [3.05, 3.63) is 33.8 Å². The molecule has 2 rings (SSSR count). The van der Waals surface area contributed by atoms with E-state index in [4.69, 9.17) is 23.2 Å². The zero-order chi connectivity index (χ0) is 16.2. The molecule has 1 fully saturated rings. The molecule has 0 radical (unpaired) electrons. The Labute approximate surface area is 146 Å². The van der Waals surface area contributed by atoms with Crippen LogP contribution in [0, 0.1) is 5.92 Å². The Kier molecular flexibility index (Phi) is 6.61. The summed E-state index contributed by atoms with van der Waals surface area (Å²) in [4.78, 5) is 2.28. The summed E-state index contributed by atoms with van der Waals surface area (Å²) < 4.78 is 0. The smallest absolute Gasteiger partial charge is 0.0595 e.